The molecule has 0 saturated heterocycles. The van der Waals surface area contributed by atoms with Crippen molar-refractivity contribution in [1.82, 2.24) is 5.32 Å². The fourth-order valence-corrected chi connectivity index (χ4v) is 3.44. The van der Waals surface area contributed by atoms with Gasteiger partial charge in [-0.15, -0.1) is 11.8 Å². The molecule has 0 saturated carbocycles. The number of hydrogen-bond acceptors (Lipinski definition) is 4. The van der Waals surface area contributed by atoms with E-state index in [2.05, 4.69) is 33.4 Å². The lowest BCUT2D eigenvalue weighted by Gasteiger charge is -2.18. The van der Waals surface area contributed by atoms with E-state index in [1.165, 1.54) is 5.56 Å². The van der Waals surface area contributed by atoms with Gasteiger partial charge >= 0.3 is 0 Å². The predicted octanol–water partition coefficient (Wildman–Crippen LogP) is 4.58. The lowest BCUT2D eigenvalue weighted by molar-refractivity contribution is -0.119. The Balaban J connectivity index is 1.88. The van der Waals surface area contributed by atoms with Crippen LogP contribution in [0, 0.1) is 0 Å². The summed E-state index contributed by atoms with van der Waals surface area (Å²) in [6, 6.07) is 13.5. The summed E-state index contributed by atoms with van der Waals surface area (Å²) in [6.07, 6.45) is 0. The Labute approximate surface area is 161 Å². The van der Waals surface area contributed by atoms with Crippen molar-refractivity contribution >= 4 is 33.6 Å². The van der Waals surface area contributed by atoms with Crippen LogP contribution in [0.1, 0.15) is 24.1 Å². The van der Waals surface area contributed by atoms with Crippen LogP contribution in [0.5, 0.6) is 11.5 Å². The van der Waals surface area contributed by atoms with Crippen LogP contribution in [0.2, 0.25) is 0 Å². The number of methoxy groups -OCH3 is 2. The van der Waals surface area contributed by atoms with E-state index in [9.17, 15) is 4.79 Å². The van der Waals surface area contributed by atoms with Gasteiger partial charge in [-0.05, 0) is 42.8 Å². The monoisotopic (exact) mass is 423 g/mol. The largest absolute Gasteiger partial charge is 0.497 e. The third-order valence-electron chi connectivity index (χ3n) is 3.70. The van der Waals surface area contributed by atoms with Crippen LogP contribution in [0.25, 0.3) is 0 Å². The molecule has 0 aliphatic heterocycles. The molecule has 0 radical (unpaired) electrons. The summed E-state index contributed by atoms with van der Waals surface area (Å²) in [5, 5.41) is 3.01. The summed E-state index contributed by atoms with van der Waals surface area (Å²) < 4.78 is 11.7. The lowest BCUT2D eigenvalue weighted by Crippen LogP contribution is -2.28. The van der Waals surface area contributed by atoms with Crippen LogP contribution in [0.3, 0.4) is 0 Å². The van der Waals surface area contributed by atoms with Crippen molar-refractivity contribution in [3.05, 3.63) is 58.1 Å². The normalized spacial score (nSPS) is 11.7. The Morgan fingerprint density at radius 3 is 2.52 bits per heavy atom. The molecule has 0 heterocycles. The average Bonchev–Trinajstić information content (AvgIpc) is 2.62. The van der Waals surface area contributed by atoms with Gasteiger partial charge in [0, 0.05) is 15.8 Å². The summed E-state index contributed by atoms with van der Waals surface area (Å²) in [7, 11) is 3.24. The van der Waals surface area contributed by atoms with Crippen molar-refractivity contribution in [3.8, 4) is 11.5 Å². The highest BCUT2D eigenvalue weighted by molar-refractivity contribution is 9.10. The number of halogens is 1. The first-order valence-electron chi connectivity index (χ1n) is 7.87. The number of amides is 1. The number of nitrogens with one attached hydrogen (secondary N) is 1. The summed E-state index contributed by atoms with van der Waals surface area (Å²) in [5.74, 6) is 2.68. The van der Waals surface area contributed by atoms with E-state index < -0.39 is 0 Å². The zero-order chi connectivity index (χ0) is 18.2. The van der Waals surface area contributed by atoms with Gasteiger partial charge in [0.1, 0.15) is 11.5 Å². The highest BCUT2D eigenvalue weighted by Crippen LogP contribution is 2.29. The Bertz CT molecular complexity index is 706. The van der Waals surface area contributed by atoms with E-state index in [1.54, 1.807) is 26.0 Å². The van der Waals surface area contributed by atoms with E-state index >= 15 is 0 Å². The molecule has 1 atom stereocenters. The number of rotatable bonds is 8. The van der Waals surface area contributed by atoms with Crippen LogP contribution in [0.15, 0.2) is 46.9 Å². The second-order valence-corrected chi connectivity index (χ2v) is 7.42. The first kappa shape index (κ1) is 19.7. The van der Waals surface area contributed by atoms with Gasteiger partial charge < -0.3 is 14.8 Å². The molecule has 2 aromatic rings. The van der Waals surface area contributed by atoms with Crippen LogP contribution in [-0.2, 0) is 10.5 Å². The Hall–Kier alpha value is -1.66. The van der Waals surface area contributed by atoms with E-state index in [0.717, 1.165) is 27.3 Å². The van der Waals surface area contributed by atoms with Gasteiger partial charge in [0.2, 0.25) is 5.91 Å². The van der Waals surface area contributed by atoms with Gasteiger partial charge in [0.05, 0.1) is 26.0 Å². The van der Waals surface area contributed by atoms with E-state index in [-0.39, 0.29) is 11.9 Å². The Kier molecular flexibility index (Phi) is 7.65. The van der Waals surface area contributed by atoms with Gasteiger partial charge in [-0.3, -0.25) is 4.79 Å². The van der Waals surface area contributed by atoms with Gasteiger partial charge in [0.15, 0.2) is 0 Å². The second kappa shape index (κ2) is 9.73. The van der Waals surface area contributed by atoms with Crippen LogP contribution in [0.4, 0.5) is 0 Å². The minimum absolute atomic E-state index is 0.000477. The fraction of sp³-hybridized carbons (Fsp3) is 0.316. The molecule has 0 spiro atoms. The Morgan fingerprint density at radius 1 is 1.16 bits per heavy atom. The van der Waals surface area contributed by atoms with Gasteiger partial charge in [-0.2, -0.15) is 0 Å². The zero-order valence-electron chi connectivity index (χ0n) is 14.5. The molecule has 2 rings (SSSR count). The maximum absolute atomic E-state index is 12.2. The molecule has 0 aliphatic carbocycles. The quantitative estimate of drug-likeness (QED) is 0.674. The zero-order valence-corrected chi connectivity index (χ0v) is 16.9. The summed E-state index contributed by atoms with van der Waals surface area (Å²) in [4.78, 5) is 12.2. The minimum Gasteiger partial charge on any atom is -0.497 e. The molecular formula is C19H22BrNO3S. The highest BCUT2D eigenvalue weighted by atomic mass is 79.9. The van der Waals surface area contributed by atoms with E-state index in [4.69, 9.17) is 9.47 Å². The van der Waals surface area contributed by atoms with Crippen molar-refractivity contribution in [3.63, 3.8) is 0 Å². The number of hydrogen-bond donors (Lipinski definition) is 1. The molecular weight excluding hydrogens is 402 g/mol. The number of carbonyl (C=O) groups excluding carboxylic acids is 1. The van der Waals surface area contributed by atoms with Crippen LogP contribution < -0.4 is 14.8 Å². The van der Waals surface area contributed by atoms with Crippen molar-refractivity contribution in [1.29, 1.82) is 0 Å². The van der Waals surface area contributed by atoms with Gasteiger partial charge in [-0.25, -0.2) is 0 Å². The SMILES string of the molecule is COc1ccc(OC)c([C@H](C)NC(=O)CSCc2ccc(Br)cc2)c1. The highest BCUT2D eigenvalue weighted by Gasteiger charge is 2.15. The molecule has 25 heavy (non-hydrogen) atoms. The van der Waals surface area contributed by atoms with E-state index in [0.29, 0.717) is 5.75 Å². The maximum Gasteiger partial charge on any atom is 0.230 e. The van der Waals surface area contributed by atoms with Crippen molar-refractivity contribution in [2.75, 3.05) is 20.0 Å². The maximum atomic E-state index is 12.2. The first-order valence-corrected chi connectivity index (χ1v) is 9.81. The molecule has 0 aromatic heterocycles. The molecule has 4 nitrogen and oxygen atoms in total. The molecule has 134 valence electrons. The molecule has 0 bridgehead atoms. The average molecular weight is 424 g/mol. The third-order valence-corrected chi connectivity index (χ3v) is 5.23. The smallest absolute Gasteiger partial charge is 0.230 e. The van der Waals surface area contributed by atoms with Crippen LogP contribution in [-0.4, -0.2) is 25.9 Å². The molecule has 6 heteroatoms. The number of carbonyl (C=O) groups is 1. The topological polar surface area (TPSA) is 47.6 Å². The Morgan fingerprint density at radius 2 is 1.88 bits per heavy atom. The molecule has 1 N–H and O–H groups in total. The molecule has 2 aromatic carbocycles. The number of benzene rings is 2. The molecule has 0 aliphatic rings. The van der Waals surface area contributed by atoms with Gasteiger partial charge in [-0.1, -0.05) is 28.1 Å². The van der Waals surface area contributed by atoms with Gasteiger partial charge in [0.25, 0.3) is 0 Å². The van der Waals surface area contributed by atoms with E-state index in [1.807, 2.05) is 37.3 Å². The third kappa shape index (κ3) is 5.97. The standard InChI is InChI=1S/C19H22BrNO3S/c1-13(17-10-16(23-2)8-9-18(17)24-3)21-19(22)12-25-11-14-4-6-15(20)7-5-14/h4-10,13H,11-12H2,1-3H3,(H,21,22)/t13-/m0/s1. The van der Waals surface area contributed by atoms with Crippen LogP contribution >= 0.6 is 27.7 Å². The summed E-state index contributed by atoms with van der Waals surface area (Å²) in [6.45, 7) is 1.94. The molecule has 0 fully saturated rings. The van der Waals surface area contributed by atoms with Crippen molar-refractivity contribution < 1.29 is 14.3 Å². The second-order valence-electron chi connectivity index (χ2n) is 5.52. The summed E-state index contributed by atoms with van der Waals surface area (Å²) >= 11 is 5.01. The molecule has 0 unspecified atom stereocenters. The summed E-state index contributed by atoms with van der Waals surface area (Å²) in [5.41, 5.74) is 2.09. The van der Waals surface area contributed by atoms with Crippen molar-refractivity contribution in [2.45, 2.75) is 18.7 Å². The fourth-order valence-electron chi connectivity index (χ4n) is 2.38. The number of thioether (sulfide) groups is 1. The van der Waals surface area contributed by atoms with Crippen molar-refractivity contribution in [2.24, 2.45) is 0 Å². The number of ether oxygens (including phenoxy) is 2. The minimum atomic E-state index is -0.161. The molecule has 1 amide bonds. The predicted molar refractivity (Wildman–Crippen MR) is 106 cm³/mol. The lowest BCUT2D eigenvalue weighted by atomic mass is 10.1. The first-order chi connectivity index (χ1) is 12.0.